The van der Waals surface area contributed by atoms with Crippen molar-refractivity contribution in [3.05, 3.63) is 131 Å². The fraction of sp³-hybridized carbons (Fsp3) is 0.0714. The van der Waals surface area contributed by atoms with Crippen molar-refractivity contribution in [1.29, 1.82) is 0 Å². The molecule has 0 amide bonds. The summed E-state index contributed by atoms with van der Waals surface area (Å²) in [5, 5.41) is 18.1. The van der Waals surface area contributed by atoms with Gasteiger partial charge in [-0.1, -0.05) is 84.9 Å². The van der Waals surface area contributed by atoms with Gasteiger partial charge in [-0.2, -0.15) is 0 Å². The van der Waals surface area contributed by atoms with Gasteiger partial charge in [-0.15, -0.1) is 23.5 Å². The van der Waals surface area contributed by atoms with Gasteiger partial charge in [0.25, 0.3) is 0 Å². The van der Waals surface area contributed by atoms with Gasteiger partial charge in [-0.25, -0.2) is 9.59 Å². The Kier molecular flexibility index (Phi) is 12.4. The number of thioether (sulfide) groups is 2. The Morgan fingerprint density at radius 1 is 0.514 bits per heavy atom. The zero-order chi connectivity index (χ0) is 24.2. The maximum absolute atomic E-state index is 11.0. The molecule has 0 aromatic heterocycles. The van der Waals surface area contributed by atoms with Crippen molar-refractivity contribution in [3.63, 3.8) is 0 Å². The van der Waals surface area contributed by atoms with Crippen molar-refractivity contribution in [1.82, 2.24) is 0 Å². The first-order chi connectivity index (χ1) is 16.5. The molecule has 0 radical (unpaired) electrons. The SMILES string of the molecule is O=C(O)c1ccccc1SCc1ccccc1.O=C(O)c1ccccc1SCc1ccccc1.[Pd]. The summed E-state index contributed by atoms with van der Waals surface area (Å²) in [7, 11) is 0. The van der Waals surface area contributed by atoms with Gasteiger partial charge >= 0.3 is 11.9 Å². The van der Waals surface area contributed by atoms with E-state index in [1.807, 2.05) is 84.9 Å². The molecule has 0 fully saturated rings. The molecule has 0 aliphatic carbocycles. The van der Waals surface area contributed by atoms with Crippen molar-refractivity contribution in [2.24, 2.45) is 0 Å². The van der Waals surface area contributed by atoms with Gasteiger partial charge in [-0.3, -0.25) is 0 Å². The van der Waals surface area contributed by atoms with Crippen LogP contribution in [-0.2, 0) is 31.9 Å². The monoisotopic (exact) mass is 594 g/mol. The van der Waals surface area contributed by atoms with Crippen molar-refractivity contribution in [2.45, 2.75) is 21.3 Å². The average Bonchev–Trinajstić information content (AvgIpc) is 2.88. The quantitative estimate of drug-likeness (QED) is 0.164. The molecule has 0 atom stereocenters. The minimum absolute atomic E-state index is 0. The molecule has 182 valence electrons. The van der Waals surface area contributed by atoms with Gasteiger partial charge in [-0.05, 0) is 35.4 Å². The number of carbonyl (C=O) groups is 2. The normalized spacial score (nSPS) is 9.83. The van der Waals surface area contributed by atoms with Gasteiger partial charge in [0.2, 0.25) is 0 Å². The van der Waals surface area contributed by atoms with E-state index in [9.17, 15) is 9.59 Å². The summed E-state index contributed by atoms with van der Waals surface area (Å²) in [5.41, 5.74) is 3.12. The molecule has 0 heterocycles. The Labute approximate surface area is 227 Å². The van der Waals surface area contributed by atoms with Crippen LogP contribution in [0, 0.1) is 0 Å². The van der Waals surface area contributed by atoms with E-state index in [4.69, 9.17) is 10.2 Å². The Morgan fingerprint density at radius 3 is 1.17 bits per heavy atom. The van der Waals surface area contributed by atoms with Crippen LogP contribution >= 0.6 is 23.5 Å². The van der Waals surface area contributed by atoms with Crippen molar-refractivity contribution in [2.75, 3.05) is 0 Å². The van der Waals surface area contributed by atoms with Gasteiger partial charge in [0.1, 0.15) is 0 Å². The molecule has 0 aliphatic heterocycles. The van der Waals surface area contributed by atoms with Crippen LogP contribution in [0.3, 0.4) is 0 Å². The molecule has 2 N–H and O–H groups in total. The van der Waals surface area contributed by atoms with E-state index in [2.05, 4.69) is 0 Å². The summed E-state index contributed by atoms with van der Waals surface area (Å²) in [5.74, 6) is -0.182. The first-order valence-electron chi connectivity index (χ1n) is 10.5. The molecule has 4 aromatic carbocycles. The molecule has 0 saturated heterocycles. The third-order valence-electron chi connectivity index (χ3n) is 4.71. The van der Waals surface area contributed by atoms with Gasteiger partial charge in [0.05, 0.1) is 11.1 Å². The Morgan fingerprint density at radius 2 is 0.829 bits per heavy atom. The van der Waals surface area contributed by atoms with Crippen LogP contribution in [0.2, 0.25) is 0 Å². The summed E-state index contributed by atoms with van der Waals surface area (Å²) in [6.45, 7) is 0. The van der Waals surface area contributed by atoms with E-state index in [0.29, 0.717) is 11.1 Å². The van der Waals surface area contributed by atoms with E-state index in [1.54, 1.807) is 47.8 Å². The number of aromatic carboxylic acids is 2. The molecular weight excluding hydrogens is 571 g/mol. The molecular formula is C28H24O4PdS2. The van der Waals surface area contributed by atoms with E-state index in [1.165, 1.54) is 11.1 Å². The molecule has 7 heteroatoms. The summed E-state index contributed by atoms with van der Waals surface area (Å²) in [6, 6.07) is 34.2. The van der Waals surface area contributed by atoms with E-state index < -0.39 is 11.9 Å². The van der Waals surface area contributed by atoms with Gasteiger partial charge in [0, 0.05) is 41.7 Å². The van der Waals surface area contributed by atoms with Crippen LogP contribution in [0.5, 0.6) is 0 Å². The van der Waals surface area contributed by atoms with Crippen LogP contribution in [0.15, 0.2) is 119 Å². The van der Waals surface area contributed by atoms with Crippen molar-refractivity contribution in [3.8, 4) is 0 Å². The summed E-state index contributed by atoms with van der Waals surface area (Å²) in [6.07, 6.45) is 0. The fourth-order valence-electron chi connectivity index (χ4n) is 3.01. The maximum Gasteiger partial charge on any atom is 0.336 e. The van der Waals surface area contributed by atoms with Crippen LogP contribution < -0.4 is 0 Å². The van der Waals surface area contributed by atoms with E-state index in [-0.39, 0.29) is 20.4 Å². The number of benzene rings is 4. The Bertz CT molecular complexity index is 1120. The van der Waals surface area contributed by atoms with E-state index >= 15 is 0 Å². The van der Waals surface area contributed by atoms with Crippen LogP contribution in [-0.4, -0.2) is 22.2 Å². The number of carboxylic acid groups (broad SMARTS) is 2. The van der Waals surface area contributed by atoms with Gasteiger partial charge in [0.15, 0.2) is 0 Å². The van der Waals surface area contributed by atoms with E-state index in [0.717, 1.165) is 21.3 Å². The molecule has 4 nitrogen and oxygen atoms in total. The molecule has 4 rings (SSSR count). The first-order valence-corrected chi connectivity index (χ1v) is 12.5. The zero-order valence-corrected chi connectivity index (χ0v) is 21.8. The number of hydrogen-bond acceptors (Lipinski definition) is 4. The molecule has 0 bridgehead atoms. The number of hydrogen-bond donors (Lipinski definition) is 2. The van der Waals surface area contributed by atoms with Crippen LogP contribution in [0.1, 0.15) is 31.8 Å². The molecule has 0 unspecified atom stereocenters. The van der Waals surface area contributed by atoms with Crippen LogP contribution in [0.25, 0.3) is 0 Å². The zero-order valence-electron chi connectivity index (χ0n) is 18.7. The molecule has 0 saturated carbocycles. The predicted molar refractivity (Wildman–Crippen MR) is 139 cm³/mol. The third-order valence-corrected chi connectivity index (χ3v) is 7.00. The molecule has 0 aliphatic rings. The third kappa shape index (κ3) is 9.39. The standard InChI is InChI=1S/2C14H12O2S.Pd/c2*15-14(16)12-8-4-5-9-13(12)17-10-11-6-2-1-3-7-11;/h2*1-9H,10H2,(H,15,16);. The van der Waals surface area contributed by atoms with Crippen molar-refractivity contribution < 1.29 is 40.2 Å². The predicted octanol–water partition coefficient (Wildman–Crippen LogP) is 7.35. The summed E-state index contributed by atoms with van der Waals surface area (Å²) in [4.78, 5) is 23.7. The minimum atomic E-state index is -0.874. The first kappa shape index (κ1) is 28.4. The average molecular weight is 595 g/mol. The molecule has 35 heavy (non-hydrogen) atoms. The van der Waals surface area contributed by atoms with Crippen LogP contribution in [0.4, 0.5) is 0 Å². The second kappa shape index (κ2) is 15.2. The largest absolute Gasteiger partial charge is 0.478 e. The Balaban J connectivity index is 0.000000240. The second-order valence-corrected chi connectivity index (χ2v) is 9.19. The molecule has 0 spiro atoms. The van der Waals surface area contributed by atoms with Crippen molar-refractivity contribution >= 4 is 35.5 Å². The topological polar surface area (TPSA) is 74.6 Å². The fourth-order valence-corrected chi connectivity index (χ4v) is 5.01. The summed E-state index contributed by atoms with van der Waals surface area (Å²) >= 11 is 3.10. The maximum atomic E-state index is 11.0. The Hall–Kier alpha value is -2.82. The number of carboxylic acids is 2. The minimum Gasteiger partial charge on any atom is -0.478 e. The summed E-state index contributed by atoms with van der Waals surface area (Å²) < 4.78 is 0. The second-order valence-electron chi connectivity index (χ2n) is 7.15. The molecule has 4 aromatic rings. The van der Waals surface area contributed by atoms with Gasteiger partial charge < -0.3 is 10.2 Å². The number of rotatable bonds is 8. The smallest absolute Gasteiger partial charge is 0.336 e.